The summed E-state index contributed by atoms with van der Waals surface area (Å²) in [5.41, 5.74) is 3.93. The van der Waals surface area contributed by atoms with Crippen LogP contribution in [0.1, 0.15) is 28.0 Å². The molecule has 0 spiro atoms. The van der Waals surface area contributed by atoms with Gasteiger partial charge in [-0.15, -0.1) is 11.6 Å². The van der Waals surface area contributed by atoms with Crippen LogP contribution in [0.4, 0.5) is 0 Å². The summed E-state index contributed by atoms with van der Waals surface area (Å²) in [6.45, 7) is 0. The number of fused-ring (bicyclic) bond motifs is 1. The maximum atomic E-state index is 6.67. The molecule has 3 rings (SSSR count). The third-order valence-corrected chi connectivity index (χ3v) is 4.98. The number of ether oxygens (including phenoxy) is 1. The minimum atomic E-state index is -0.00446. The average Bonchev–Trinajstić information content (AvgIpc) is 2.39. The molecule has 0 saturated carbocycles. The molecule has 2 unspecified atom stereocenters. The van der Waals surface area contributed by atoms with Crippen molar-refractivity contribution in [3.63, 3.8) is 0 Å². The maximum absolute atomic E-state index is 6.67. The van der Waals surface area contributed by atoms with Crippen LogP contribution < -0.4 is 4.74 Å². The van der Waals surface area contributed by atoms with E-state index in [0.29, 0.717) is 5.92 Å². The molecule has 2 aromatic carbocycles. The molecule has 1 nitrogen and oxygen atoms in total. The van der Waals surface area contributed by atoms with Crippen molar-refractivity contribution >= 4 is 27.5 Å². The van der Waals surface area contributed by atoms with Crippen molar-refractivity contribution < 1.29 is 4.74 Å². The lowest BCUT2D eigenvalue weighted by atomic mass is 9.74. The Hall–Kier alpha value is -0.990. The lowest BCUT2D eigenvalue weighted by Crippen LogP contribution is -2.21. The van der Waals surface area contributed by atoms with E-state index in [4.69, 9.17) is 16.3 Å². The molecule has 19 heavy (non-hydrogen) atoms. The van der Waals surface area contributed by atoms with Crippen LogP contribution in [0.5, 0.6) is 5.75 Å². The Morgan fingerprint density at radius 3 is 2.74 bits per heavy atom. The summed E-state index contributed by atoms with van der Waals surface area (Å²) in [7, 11) is 1.67. The van der Waals surface area contributed by atoms with E-state index in [0.717, 1.165) is 22.2 Å². The first-order valence-corrected chi connectivity index (χ1v) is 7.49. The topological polar surface area (TPSA) is 9.23 Å². The molecule has 3 heteroatoms. The molecule has 1 aliphatic rings. The molecule has 0 heterocycles. The SMILES string of the molecule is COc1ccc(C(Cl)C2Cc3ccccc32)c(Br)c1. The lowest BCUT2D eigenvalue weighted by molar-refractivity contribution is 0.414. The largest absolute Gasteiger partial charge is 0.497 e. The van der Waals surface area contributed by atoms with Crippen molar-refractivity contribution in [3.05, 3.63) is 63.6 Å². The Balaban J connectivity index is 1.88. The number of alkyl halides is 1. The van der Waals surface area contributed by atoms with Gasteiger partial charge in [-0.05, 0) is 35.2 Å². The molecule has 0 N–H and O–H groups in total. The Bertz CT molecular complexity index is 611. The Morgan fingerprint density at radius 2 is 2.05 bits per heavy atom. The van der Waals surface area contributed by atoms with Crippen LogP contribution >= 0.6 is 27.5 Å². The van der Waals surface area contributed by atoms with Gasteiger partial charge in [-0.25, -0.2) is 0 Å². The van der Waals surface area contributed by atoms with E-state index in [9.17, 15) is 0 Å². The molecule has 0 fully saturated rings. The normalized spacial score (nSPS) is 18.4. The fourth-order valence-electron chi connectivity index (χ4n) is 2.63. The molecule has 0 aromatic heterocycles. The lowest BCUT2D eigenvalue weighted by Gasteiger charge is -2.34. The van der Waals surface area contributed by atoms with E-state index in [1.807, 2.05) is 18.2 Å². The van der Waals surface area contributed by atoms with Crippen LogP contribution in [-0.2, 0) is 6.42 Å². The van der Waals surface area contributed by atoms with Crippen LogP contribution in [0.3, 0.4) is 0 Å². The summed E-state index contributed by atoms with van der Waals surface area (Å²) in [5, 5.41) is -0.00446. The van der Waals surface area contributed by atoms with E-state index in [-0.39, 0.29) is 5.38 Å². The van der Waals surface area contributed by atoms with Crippen LogP contribution in [0.15, 0.2) is 46.9 Å². The van der Waals surface area contributed by atoms with E-state index in [1.54, 1.807) is 7.11 Å². The number of rotatable bonds is 3. The van der Waals surface area contributed by atoms with Crippen LogP contribution in [0.2, 0.25) is 0 Å². The molecular formula is C16H14BrClO. The van der Waals surface area contributed by atoms with Gasteiger partial charge in [0.05, 0.1) is 12.5 Å². The van der Waals surface area contributed by atoms with Crippen LogP contribution in [-0.4, -0.2) is 7.11 Å². The molecule has 0 radical (unpaired) electrons. The van der Waals surface area contributed by atoms with Gasteiger partial charge in [0.15, 0.2) is 0 Å². The molecular weight excluding hydrogens is 324 g/mol. The molecule has 98 valence electrons. The summed E-state index contributed by atoms with van der Waals surface area (Å²) in [5.74, 6) is 1.25. The Morgan fingerprint density at radius 1 is 1.26 bits per heavy atom. The molecule has 0 bridgehead atoms. The van der Waals surface area contributed by atoms with Gasteiger partial charge in [0.25, 0.3) is 0 Å². The zero-order valence-electron chi connectivity index (χ0n) is 10.6. The van der Waals surface area contributed by atoms with Gasteiger partial charge in [-0.3, -0.25) is 0 Å². The molecule has 2 atom stereocenters. The molecule has 2 aromatic rings. The summed E-state index contributed by atoms with van der Waals surface area (Å²) < 4.78 is 6.22. The van der Waals surface area contributed by atoms with E-state index >= 15 is 0 Å². The van der Waals surface area contributed by atoms with E-state index < -0.39 is 0 Å². The van der Waals surface area contributed by atoms with Gasteiger partial charge < -0.3 is 4.74 Å². The number of halogens is 2. The predicted molar refractivity (Wildman–Crippen MR) is 82.2 cm³/mol. The first kappa shape index (κ1) is 13.0. The molecule has 1 aliphatic carbocycles. The standard InChI is InChI=1S/C16H14BrClO/c1-19-11-6-7-13(15(17)9-11)16(18)14-8-10-4-2-3-5-12(10)14/h2-7,9,14,16H,8H2,1H3. The zero-order valence-corrected chi connectivity index (χ0v) is 12.9. The van der Waals surface area contributed by atoms with Gasteiger partial charge in [0.2, 0.25) is 0 Å². The van der Waals surface area contributed by atoms with Crippen LogP contribution in [0.25, 0.3) is 0 Å². The second-order valence-electron chi connectivity index (χ2n) is 4.80. The van der Waals surface area contributed by atoms with Crippen molar-refractivity contribution in [1.29, 1.82) is 0 Å². The highest BCUT2D eigenvalue weighted by molar-refractivity contribution is 9.10. The molecule has 0 aliphatic heterocycles. The van der Waals surface area contributed by atoms with Crippen molar-refractivity contribution in [3.8, 4) is 5.75 Å². The van der Waals surface area contributed by atoms with Crippen molar-refractivity contribution in [2.24, 2.45) is 0 Å². The number of hydrogen-bond acceptors (Lipinski definition) is 1. The molecule has 0 saturated heterocycles. The molecule has 0 amide bonds. The van der Waals surface area contributed by atoms with Gasteiger partial charge in [0, 0.05) is 10.4 Å². The number of methoxy groups -OCH3 is 1. The second-order valence-corrected chi connectivity index (χ2v) is 6.12. The maximum Gasteiger partial charge on any atom is 0.120 e. The van der Waals surface area contributed by atoms with Crippen LogP contribution in [0, 0.1) is 0 Å². The summed E-state index contributed by atoms with van der Waals surface area (Å²) in [6, 6.07) is 14.5. The van der Waals surface area contributed by atoms with Crippen molar-refractivity contribution in [2.45, 2.75) is 17.7 Å². The zero-order chi connectivity index (χ0) is 13.4. The second kappa shape index (κ2) is 5.18. The third-order valence-electron chi connectivity index (χ3n) is 3.75. The Kier molecular flexibility index (Phi) is 3.55. The van der Waals surface area contributed by atoms with Crippen molar-refractivity contribution in [1.82, 2.24) is 0 Å². The highest BCUT2D eigenvalue weighted by atomic mass is 79.9. The predicted octanol–water partition coefficient (Wildman–Crippen LogP) is 5.08. The fourth-order valence-corrected chi connectivity index (χ4v) is 3.79. The number of hydrogen-bond donors (Lipinski definition) is 0. The van der Waals surface area contributed by atoms with Crippen molar-refractivity contribution in [2.75, 3.05) is 7.11 Å². The minimum absolute atomic E-state index is 0.00446. The Labute approximate surface area is 126 Å². The van der Waals surface area contributed by atoms with Gasteiger partial charge in [-0.2, -0.15) is 0 Å². The first-order valence-electron chi connectivity index (χ1n) is 6.26. The van der Waals surface area contributed by atoms with Gasteiger partial charge >= 0.3 is 0 Å². The minimum Gasteiger partial charge on any atom is -0.497 e. The van der Waals surface area contributed by atoms with Gasteiger partial charge in [-0.1, -0.05) is 46.3 Å². The fraction of sp³-hybridized carbons (Fsp3) is 0.250. The average molecular weight is 338 g/mol. The highest BCUT2D eigenvalue weighted by Gasteiger charge is 2.33. The number of benzene rings is 2. The first-order chi connectivity index (χ1) is 9.20. The summed E-state index contributed by atoms with van der Waals surface area (Å²) in [4.78, 5) is 0. The monoisotopic (exact) mass is 336 g/mol. The quantitative estimate of drug-likeness (QED) is 0.710. The van der Waals surface area contributed by atoms with E-state index in [1.165, 1.54) is 11.1 Å². The summed E-state index contributed by atoms with van der Waals surface area (Å²) in [6.07, 6.45) is 1.06. The summed E-state index contributed by atoms with van der Waals surface area (Å²) >= 11 is 10.3. The van der Waals surface area contributed by atoms with E-state index in [2.05, 4.69) is 40.2 Å². The smallest absolute Gasteiger partial charge is 0.120 e. The van der Waals surface area contributed by atoms with Gasteiger partial charge in [0.1, 0.15) is 5.75 Å². The third kappa shape index (κ3) is 2.28. The highest BCUT2D eigenvalue weighted by Crippen LogP contribution is 2.48.